The number of esters is 1. The number of amides is 1. The second-order valence-electron chi connectivity index (χ2n) is 5.70. The molecule has 0 atom stereocenters. The zero-order valence-corrected chi connectivity index (χ0v) is 13.9. The Kier molecular flexibility index (Phi) is 5.98. The van der Waals surface area contributed by atoms with E-state index >= 15 is 0 Å². The van der Waals surface area contributed by atoms with Crippen LogP contribution in [0, 0.1) is 5.92 Å². The van der Waals surface area contributed by atoms with Crippen LogP contribution in [0.4, 0.5) is 11.4 Å². The zero-order valence-electron chi connectivity index (χ0n) is 13.9. The van der Waals surface area contributed by atoms with Gasteiger partial charge in [0.15, 0.2) is 0 Å². The lowest BCUT2D eigenvalue weighted by molar-refractivity contribution is -0.118. The summed E-state index contributed by atoms with van der Waals surface area (Å²) in [6.45, 7) is 8.45. The van der Waals surface area contributed by atoms with Crippen LogP contribution in [-0.4, -0.2) is 44.8 Å². The molecule has 1 fully saturated rings. The highest BCUT2D eigenvalue weighted by Crippen LogP contribution is 2.26. The van der Waals surface area contributed by atoms with Gasteiger partial charge in [0.2, 0.25) is 5.91 Å². The zero-order chi connectivity index (χ0) is 16.8. The molecule has 1 aliphatic rings. The molecule has 1 amide bonds. The molecule has 1 aromatic carbocycles. The number of nitrogens with one attached hydrogen (secondary N) is 1. The Morgan fingerprint density at radius 1 is 1.30 bits per heavy atom. The highest BCUT2D eigenvalue weighted by Gasteiger charge is 2.21. The van der Waals surface area contributed by atoms with Crippen LogP contribution in [0.2, 0.25) is 0 Å². The molecule has 1 aliphatic heterocycles. The van der Waals surface area contributed by atoms with Gasteiger partial charge in [0.05, 0.1) is 31.1 Å². The van der Waals surface area contributed by atoms with E-state index in [0.717, 1.165) is 18.8 Å². The monoisotopic (exact) mass is 320 g/mol. The van der Waals surface area contributed by atoms with Crippen molar-refractivity contribution in [3.05, 3.63) is 23.8 Å². The van der Waals surface area contributed by atoms with Crippen molar-refractivity contribution in [2.24, 2.45) is 5.92 Å². The van der Waals surface area contributed by atoms with Crippen LogP contribution in [0.25, 0.3) is 0 Å². The van der Waals surface area contributed by atoms with Gasteiger partial charge in [-0.3, -0.25) is 4.79 Å². The maximum absolute atomic E-state index is 12.3. The summed E-state index contributed by atoms with van der Waals surface area (Å²) in [5.41, 5.74) is 1.88. The smallest absolute Gasteiger partial charge is 0.340 e. The number of benzene rings is 1. The maximum atomic E-state index is 12.3. The van der Waals surface area contributed by atoms with Crippen LogP contribution in [0.5, 0.6) is 0 Å². The Hall–Kier alpha value is -2.08. The van der Waals surface area contributed by atoms with Gasteiger partial charge in [-0.25, -0.2) is 4.79 Å². The number of ether oxygens (including phenoxy) is 2. The molecule has 2 rings (SSSR count). The first-order chi connectivity index (χ1) is 11.0. The van der Waals surface area contributed by atoms with E-state index in [1.165, 1.54) is 0 Å². The van der Waals surface area contributed by atoms with Crippen LogP contribution < -0.4 is 10.2 Å². The molecule has 1 aromatic rings. The number of carbonyl (C=O) groups is 2. The molecular weight excluding hydrogens is 296 g/mol. The molecule has 0 aliphatic carbocycles. The summed E-state index contributed by atoms with van der Waals surface area (Å²) in [7, 11) is 0. The number of hydrogen-bond acceptors (Lipinski definition) is 5. The maximum Gasteiger partial charge on any atom is 0.340 e. The van der Waals surface area contributed by atoms with Crippen molar-refractivity contribution >= 4 is 23.3 Å². The van der Waals surface area contributed by atoms with E-state index in [1.54, 1.807) is 13.0 Å². The van der Waals surface area contributed by atoms with Gasteiger partial charge in [0, 0.05) is 24.7 Å². The molecule has 6 heteroatoms. The van der Waals surface area contributed by atoms with Crippen molar-refractivity contribution in [3.8, 4) is 0 Å². The van der Waals surface area contributed by atoms with E-state index in [0.29, 0.717) is 31.1 Å². The van der Waals surface area contributed by atoms with Crippen molar-refractivity contribution in [1.82, 2.24) is 0 Å². The molecular formula is C17H24N2O4. The number of nitrogens with zero attached hydrogens (tertiary/aromatic N) is 1. The predicted octanol–water partition coefficient (Wildman–Crippen LogP) is 2.29. The third kappa shape index (κ3) is 4.45. The molecule has 0 aromatic heterocycles. The number of rotatable bonds is 5. The normalized spacial score (nSPS) is 14.7. The van der Waals surface area contributed by atoms with E-state index < -0.39 is 0 Å². The Balaban J connectivity index is 2.30. The molecule has 23 heavy (non-hydrogen) atoms. The SMILES string of the molecule is CCOC(=O)c1cc(NC(=O)C(C)C)ccc1N1CCOCC1. The minimum atomic E-state index is -0.380. The molecule has 1 heterocycles. The summed E-state index contributed by atoms with van der Waals surface area (Å²) < 4.78 is 10.5. The lowest BCUT2D eigenvalue weighted by Gasteiger charge is -2.30. The summed E-state index contributed by atoms with van der Waals surface area (Å²) in [6, 6.07) is 5.35. The molecule has 0 bridgehead atoms. The Bertz CT molecular complexity index is 566. The number of anilines is 2. The summed E-state index contributed by atoms with van der Waals surface area (Å²) in [6.07, 6.45) is 0. The molecule has 0 unspecified atom stereocenters. The highest BCUT2D eigenvalue weighted by atomic mass is 16.5. The quantitative estimate of drug-likeness (QED) is 0.843. The molecule has 1 N–H and O–H groups in total. The lowest BCUT2D eigenvalue weighted by Crippen LogP contribution is -2.37. The second kappa shape index (κ2) is 7.97. The minimum absolute atomic E-state index is 0.0843. The Labute approximate surface area is 136 Å². The number of carbonyl (C=O) groups excluding carboxylic acids is 2. The van der Waals surface area contributed by atoms with Gasteiger partial charge in [0.25, 0.3) is 0 Å². The average Bonchev–Trinajstić information content (AvgIpc) is 2.55. The molecule has 6 nitrogen and oxygen atoms in total. The van der Waals surface area contributed by atoms with E-state index in [-0.39, 0.29) is 17.8 Å². The standard InChI is InChI=1S/C17H24N2O4/c1-4-23-17(21)14-11-13(18-16(20)12(2)3)5-6-15(14)19-7-9-22-10-8-19/h5-6,11-12H,4,7-10H2,1-3H3,(H,18,20). The molecule has 0 saturated carbocycles. The van der Waals surface area contributed by atoms with Gasteiger partial charge in [-0.05, 0) is 25.1 Å². The first-order valence-corrected chi connectivity index (χ1v) is 7.97. The van der Waals surface area contributed by atoms with Gasteiger partial charge in [-0.1, -0.05) is 13.8 Å². The number of hydrogen-bond donors (Lipinski definition) is 1. The van der Waals surface area contributed by atoms with Crippen molar-refractivity contribution in [1.29, 1.82) is 0 Å². The molecule has 1 saturated heterocycles. The van der Waals surface area contributed by atoms with Crippen LogP contribution >= 0.6 is 0 Å². The van der Waals surface area contributed by atoms with Crippen LogP contribution in [0.3, 0.4) is 0 Å². The topological polar surface area (TPSA) is 67.9 Å². The van der Waals surface area contributed by atoms with E-state index in [1.807, 2.05) is 26.0 Å². The molecule has 0 spiro atoms. The van der Waals surface area contributed by atoms with E-state index in [2.05, 4.69) is 10.2 Å². The highest BCUT2D eigenvalue weighted by molar-refractivity contribution is 5.99. The summed E-state index contributed by atoms with van der Waals surface area (Å²) >= 11 is 0. The summed E-state index contributed by atoms with van der Waals surface area (Å²) in [4.78, 5) is 26.2. The third-order valence-corrected chi connectivity index (χ3v) is 3.64. The fourth-order valence-corrected chi connectivity index (χ4v) is 2.35. The third-order valence-electron chi connectivity index (χ3n) is 3.64. The Morgan fingerprint density at radius 2 is 2.00 bits per heavy atom. The Morgan fingerprint density at radius 3 is 2.61 bits per heavy atom. The largest absolute Gasteiger partial charge is 0.462 e. The van der Waals surface area contributed by atoms with Crippen LogP contribution in [0.1, 0.15) is 31.1 Å². The molecule has 126 valence electrons. The van der Waals surface area contributed by atoms with Gasteiger partial charge >= 0.3 is 5.97 Å². The van der Waals surface area contributed by atoms with Gasteiger partial charge < -0.3 is 19.7 Å². The lowest BCUT2D eigenvalue weighted by atomic mass is 10.1. The predicted molar refractivity (Wildman–Crippen MR) is 88.9 cm³/mol. The van der Waals surface area contributed by atoms with Crippen molar-refractivity contribution in [2.75, 3.05) is 43.1 Å². The summed E-state index contributed by atoms with van der Waals surface area (Å²) in [5.74, 6) is -0.589. The van der Waals surface area contributed by atoms with Crippen LogP contribution in [-0.2, 0) is 14.3 Å². The first kappa shape index (κ1) is 17.3. The average molecular weight is 320 g/mol. The van der Waals surface area contributed by atoms with Crippen molar-refractivity contribution in [2.45, 2.75) is 20.8 Å². The van der Waals surface area contributed by atoms with Gasteiger partial charge in [-0.2, -0.15) is 0 Å². The minimum Gasteiger partial charge on any atom is -0.462 e. The van der Waals surface area contributed by atoms with Crippen molar-refractivity contribution < 1.29 is 19.1 Å². The first-order valence-electron chi connectivity index (χ1n) is 7.97. The van der Waals surface area contributed by atoms with Gasteiger partial charge in [-0.15, -0.1) is 0 Å². The fourth-order valence-electron chi connectivity index (χ4n) is 2.35. The van der Waals surface area contributed by atoms with Crippen LogP contribution in [0.15, 0.2) is 18.2 Å². The molecule has 0 radical (unpaired) electrons. The summed E-state index contributed by atoms with van der Waals surface area (Å²) in [5, 5.41) is 2.82. The number of morpholine rings is 1. The van der Waals surface area contributed by atoms with E-state index in [4.69, 9.17) is 9.47 Å². The van der Waals surface area contributed by atoms with Gasteiger partial charge in [0.1, 0.15) is 0 Å². The van der Waals surface area contributed by atoms with E-state index in [9.17, 15) is 9.59 Å². The van der Waals surface area contributed by atoms with Crippen molar-refractivity contribution in [3.63, 3.8) is 0 Å². The fraction of sp³-hybridized carbons (Fsp3) is 0.529. The second-order valence-corrected chi connectivity index (χ2v) is 5.70.